The third kappa shape index (κ3) is 5.67. The van der Waals surface area contributed by atoms with Crippen molar-refractivity contribution >= 4 is 19.9 Å². The van der Waals surface area contributed by atoms with Gasteiger partial charge in [-0.05, 0) is 31.6 Å². The Bertz CT molecular complexity index is 506. The molecule has 1 rings (SSSR count). The zero-order chi connectivity index (χ0) is 15.4. The summed E-state index contributed by atoms with van der Waals surface area (Å²) in [6.07, 6.45) is 5.50. The summed E-state index contributed by atoms with van der Waals surface area (Å²) in [7, 11) is -6.91. The van der Waals surface area contributed by atoms with Crippen LogP contribution in [0.4, 0.5) is 0 Å². The van der Waals surface area contributed by atoms with E-state index < -0.39 is 31.2 Å². The monoisotopic (exact) mass is 326 g/mol. The zero-order valence-corrected chi connectivity index (χ0v) is 13.9. The smallest absolute Gasteiger partial charge is 0.213 e. The van der Waals surface area contributed by atoms with Crippen molar-refractivity contribution < 1.29 is 16.8 Å². The van der Waals surface area contributed by atoms with E-state index in [1.807, 2.05) is 0 Å². The molecule has 6 nitrogen and oxygen atoms in total. The molecule has 8 heteroatoms. The lowest BCUT2D eigenvalue weighted by Crippen LogP contribution is -2.56. The number of hydrogen-bond donors (Lipinski definition) is 2. The van der Waals surface area contributed by atoms with Crippen LogP contribution < -0.4 is 10.5 Å². The molecule has 1 fully saturated rings. The van der Waals surface area contributed by atoms with Gasteiger partial charge in [0.1, 0.15) is 9.84 Å². The van der Waals surface area contributed by atoms with Crippen LogP contribution in [0.2, 0.25) is 0 Å². The predicted octanol–water partition coefficient (Wildman–Crippen LogP) is 0.248. The zero-order valence-electron chi connectivity index (χ0n) is 12.3. The minimum absolute atomic E-state index is 0.252. The summed E-state index contributed by atoms with van der Waals surface area (Å²) in [6.45, 7) is 2.39. The Morgan fingerprint density at radius 2 is 1.70 bits per heavy atom. The summed E-state index contributed by atoms with van der Waals surface area (Å²) in [5, 5.41) is 0. The van der Waals surface area contributed by atoms with Crippen LogP contribution in [0.3, 0.4) is 0 Å². The van der Waals surface area contributed by atoms with Crippen LogP contribution in [0.25, 0.3) is 0 Å². The van der Waals surface area contributed by atoms with Gasteiger partial charge in [-0.15, -0.1) is 0 Å². The summed E-state index contributed by atoms with van der Waals surface area (Å²) < 4.78 is 48.9. The fraction of sp³-hybridized carbons (Fsp3) is 1.00. The van der Waals surface area contributed by atoms with Crippen LogP contribution >= 0.6 is 0 Å². The number of rotatable bonds is 7. The molecule has 0 saturated heterocycles. The molecule has 0 aliphatic heterocycles. The fourth-order valence-corrected chi connectivity index (χ4v) is 5.77. The van der Waals surface area contributed by atoms with E-state index in [2.05, 4.69) is 11.6 Å². The molecule has 0 aromatic heterocycles. The molecule has 0 heterocycles. The molecule has 1 saturated carbocycles. The van der Waals surface area contributed by atoms with Gasteiger partial charge in [0.15, 0.2) is 0 Å². The van der Waals surface area contributed by atoms with Gasteiger partial charge in [-0.3, -0.25) is 0 Å². The topological polar surface area (TPSA) is 106 Å². The molecular formula is C12H26N2O4S2. The Morgan fingerprint density at radius 1 is 1.15 bits per heavy atom. The Labute approximate surface area is 122 Å². The van der Waals surface area contributed by atoms with E-state index >= 15 is 0 Å². The van der Waals surface area contributed by atoms with Gasteiger partial charge in [-0.25, -0.2) is 21.6 Å². The standard InChI is InChI=1S/C12H26N2O4S2/c1-3-11-4-6-12(10-13,7-5-11)14-20(17,18)9-8-19(2,15)16/h11,14H,3-10,13H2,1-2H3. The van der Waals surface area contributed by atoms with Crippen molar-refractivity contribution in [2.24, 2.45) is 11.7 Å². The lowest BCUT2D eigenvalue weighted by atomic mass is 9.76. The van der Waals surface area contributed by atoms with Crippen molar-refractivity contribution in [3.8, 4) is 0 Å². The van der Waals surface area contributed by atoms with Gasteiger partial charge < -0.3 is 5.73 Å². The van der Waals surface area contributed by atoms with E-state index in [4.69, 9.17) is 5.73 Å². The Kier molecular flexibility index (Phi) is 6.01. The van der Waals surface area contributed by atoms with Crippen LogP contribution in [-0.2, 0) is 19.9 Å². The molecule has 0 spiro atoms. The van der Waals surface area contributed by atoms with Crippen molar-refractivity contribution in [2.75, 3.05) is 24.3 Å². The lowest BCUT2D eigenvalue weighted by Gasteiger charge is -2.39. The minimum atomic E-state index is -3.62. The molecule has 1 aliphatic carbocycles. The highest BCUT2D eigenvalue weighted by molar-refractivity contribution is 7.93. The maximum absolute atomic E-state index is 12.0. The first-order chi connectivity index (χ1) is 9.11. The molecule has 0 radical (unpaired) electrons. The maximum Gasteiger partial charge on any atom is 0.213 e. The van der Waals surface area contributed by atoms with Crippen molar-refractivity contribution in [2.45, 2.75) is 44.6 Å². The van der Waals surface area contributed by atoms with Crippen LogP contribution in [0.5, 0.6) is 0 Å². The second kappa shape index (κ2) is 6.72. The second-order valence-corrected chi connectivity index (χ2v) is 9.99. The SMILES string of the molecule is CCC1CCC(CN)(NS(=O)(=O)CCS(C)(=O)=O)CC1. The molecule has 120 valence electrons. The number of hydrogen-bond acceptors (Lipinski definition) is 5. The molecule has 0 unspecified atom stereocenters. The molecule has 1 aliphatic rings. The molecular weight excluding hydrogens is 300 g/mol. The van der Waals surface area contributed by atoms with Gasteiger partial charge in [0, 0.05) is 18.3 Å². The average molecular weight is 326 g/mol. The van der Waals surface area contributed by atoms with E-state index in [9.17, 15) is 16.8 Å². The molecule has 0 aromatic carbocycles. The lowest BCUT2D eigenvalue weighted by molar-refractivity contribution is 0.217. The maximum atomic E-state index is 12.0. The van der Waals surface area contributed by atoms with Crippen molar-refractivity contribution in [1.29, 1.82) is 0 Å². The van der Waals surface area contributed by atoms with Gasteiger partial charge in [0.05, 0.1) is 11.5 Å². The van der Waals surface area contributed by atoms with Gasteiger partial charge >= 0.3 is 0 Å². The summed E-state index contributed by atoms with van der Waals surface area (Å²) in [4.78, 5) is 0. The van der Waals surface area contributed by atoms with E-state index in [0.717, 1.165) is 38.4 Å². The summed E-state index contributed by atoms with van der Waals surface area (Å²) in [6, 6.07) is 0. The van der Waals surface area contributed by atoms with Crippen LogP contribution in [-0.4, -0.2) is 46.7 Å². The normalized spacial score (nSPS) is 28.4. The average Bonchev–Trinajstić information content (AvgIpc) is 2.36. The Morgan fingerprint density at radius 3 is 2.10 bits per heavy atom. The van der Waals surface area contributed by atoms with Crippen molar-refractivity contribution in [3.05, 3.63) is 0 Å². The van der Waals surface area contributed by atoms with E-state index in [-0.39, 0.29) is 12.3 Å². The quantitative estimate of drug-likeness (QED) is 0.697. The van der Waals surface area contributed by atoms with E-state index in [1.165, 1.54) is 0 Å². The minimum Gasteiger partial charge on any atom is -0.329 e. The first kappa shape index (κ1) is 17.9. The largest absolute Gasteiger partial charge is 0.329 e. The molecule has 0 aromatic rings. The number of sulfone groups is 1. The number of nitrogens with one attached hydrogen (secondary N) is 1. The molecule has 0 amide bonds. The molecule has 0 atom stereocenters. The van der Waals surface area contributed by atoms with Gasteiger partial charge in [0.25, 0.3) is 0 Å². The molecule has 3 N–H and O–H groups in total. The first-order valence-electron chi connectivity index (χ1n) is 7.01. The number of nitrogens with two attached hydrogens (primary N) is 1. The van der Waals surface area contributed by atoms with Crippen LogP contribution in [0, 0.1) is 5.92 Å². The van der Waals surface area contributed by atoms with Gasteiger partial charge in [-0.1, -0.05) is 13.3 Å². The third-order valence-corrected chi connectivity index (χ3v) is 6.81. The highest BCUT2D eigenvalue weighted by Crippen LogP contribution is 2.33. The van der Waals surface area contributed by atoms with Gasteiger partial charge in [-0.2, -0.15) is 0 Å². The van der Waals surface area contributed by atoms with Crippen LogP contribution in [0.15, 0.2) is 0 Å². The highest BCUT2D eigenvalue weighted by atomic mass is 32.2. The first-order valence-corrected chi connectivity index (χ1v) is 10.7. The summed E-state index contributed by atoms with van der Waals surface area (Å²) in [5.74, 6) is -0.124. The number of sulfonamides is 1. The summed E-state index contributed by atoms with van der Waals surface area (Å²) in [5.41, 5.74) is 5.17. The molecule has 20 heavy (non-hydrogen) atoms. The van der Waals surface area contributed by atoms with Crippen LogP contribution in [0.1, 0.15) is 39.0 Å². The third-order valence-electron chi connectivity index (χ3n) is 4.13. The van der Waals surface area contributed by atoms with E-state index in [1.54, 1.807) is 0 Å². The molecule has 0 bridgehead atoms. The fourth-order valence-electron chi connectivity index (χ4n) is 2.63. The predicted molar refractivity (Wildman–Crippen MR) is 80.7 cm³/mol. The van der Waals surface area contributed by atoms with E-state index in [0.29, 0.717) is 5.92 Å². The Hall–Kier alpha value is -0.180. The van der Waals surface area contributed by atoms with Crippen molar-refractivity contribution in [3.63, 3.8) is 0 Å². The summed E-state index contributed by atoms with van der Waals surface area (Å²) >= 11 is 0. The second-order valence-electron chi connectivity index (χ2n) is 5.89. The Balaban J connectivity index is 2.68. The van der Waals surface area contributed by atoms with Crippen molar-refractivity contribution in [1.82, 2.24) is 4.72 Å². The van der Waals surface area contributed by atoms with Gasteiger partial charge in [0.2, 0.25) is 10.0 Å². The highest BCUT2D eigenvalue weighted by Gasteiger charge is 2.37.